The van der Waals surface area contributed by atoms with E-state index in [2.05, 4.69) is 48.0 Å². The lowest BCUT2D eigenvalue weighted by Crippen LogP contribution is -2.39. The van der Waals surface area contributed by atoms with Crippen LogP contribution in [0.5, 0.6) is 0 Å². The Morgan fingerprint density at radius 1 is 1.16 bits per heavy atom. The van der Waals surface area contributed by atoms with Crippen molar-refractivity contribution in [3.8, 4) is 0 Å². The summed E-state index contributed by atoms with van der Waals surface area (Å²) in [7, 11) is 0. The lowest BCUT2D eigenvalue weighted by molar-refractivity contribution is 0.401. The van der Waals surface area contributed by atoms with E-state index >= 15 is 0 Å². The van der Waals surface area contributed by atoms with E-state index in [9.17, 15) is 4.79 Å². The molecule has 1 aliphatic rings. The van der Waals surface area contributed by atoms with Crippen molar-refractivity contribution >= 4 is 5.82 Å². The average Bonchev–Trinajstić information content (AvgIpc) is 2.63. The van der Waals surface area contributed by atoms with Gasteiger partial charge in [-0.2, -0.15) is 0 Å². The van der Waals surface area contributed by atoms with E-state index in [1.807, 2.05) is 6.92 Å². The van der Waals surface area contributed by atoms with Crippen LogP contribution in [0.2, 0.25) is 0 Å². The fraction of sp³-hybridized carbons (Fsp3) is 0.524. The highest BCUT2D eigenvalue weighted by atomic mass is 16.1. The van der Waals surface area contributed by atoms with Gasteiger partial charge in [0.15, 0.2) is 5.82 Å². The molecule has 1 fully saturated rings. The molecule has 0 bridgehead atoms. The molecule has 3 rings (SSSR count). The van der Waals surface area contributed by atoms with Gasteiger partial charge in [-0.15, -0.1) is 0 Å². The number of hydrogen-bond donors (Lipinski definition) is 0. The fourth-order valence-corrected chi connectivity index (χ4v) is 3.62. The van der Waals surface area contributed by atoms with E-state index in [1.165, 1.54) is 11.1 Å². The maximum Gasteiger partial charge on any atom is 0.293 e. The van der Waals surface area contributed by atoms with Crippen molar-refractivity contribution in [3.05, 3.63) is 58.1 Å². The molecule has 1 aromatic carbocycles. The second kappa shape index (κ2) is 7.85. The maximum atomic E-state index is 12.4. The van der Waals surface area contributed by atoms with Crippen LogP contribution in [0.3, 0.4) is 0 Å². The third kappa shape index (κ3) is 4.12. The van der Waals surface area contributed by atoms with Crippen molar-refractivity contribution in [2.24, 2.45) is 5.92 Å². The first-order chi connectivity index (χ1) is 12.1. The number of nitrogens with zero attached hydrogens (tertiary/aromatic N) is 3. The Bertz CT molecular complexity index is 740. The summed E-state index contributed by atoms with van der Waals surface area (Å²) >= 11 is 0. The minimum absolute atomic E-state index is 0.0349. The number of piperidine rings is 1. The predicted molar refractivity (Wildman–Crippen MR) is 103 cm³/mol. The number of hydrogen-bond acceptors (Lipinski definition) is 3. The first kappa shape index (κ1) is 17.7. The molecule has 134 valence electrons. The summed E-state index contributed by atoms with van der Waals surface area (Å²) in [5.74, 6) is 1.89. The summed E-state index contributed by atoms with van der Waals surface area (Å²) in [6, 6.07) is 9.08. The molecule has 0 spiro atoms. The van der Waals surface area contributed by atoms with E-state index in [4.69, 9.17) is 0 Å². The summed E-state index contributed by atoms with van der Waals surface area (Å²) in [5, 5.41) is 0. The molecule has 1 aromatic heterocycles. The number of benzene rings is 1. The van der Waals surface area contributed by atoms with Crippen molar-refractivity contribution < 1.29 is 0 Å². The minimum atomic E-state index is 0.0349. The number of aromatic nitrogens is 2. The monoisotopic (exact) mass is 339 g/mol. The first-order valence-corrected chi connectivity index (χ1v) is 9.47. The highest BCUT2D eigenvalue weighted by Crippen LogP contribution is 2.24. The SMILES string of the molecule is CCn1ccnc(N2CCC(Cc3ccc(C(C)C)cc3)CC2)c1=O. The maximum absolute atomic E-state index is 12.4. The standard InChI is InChI=1S/C21H29N3O/c1-4-23-14-11-22-20(21(23)25)24-12-9-18(10-13-24)15-17-5-7-19(8-6-17)16(2)3/h5-8,11,14,16,18H,4,9-10,12-13,15H2,1-3H3. The van der Waals surface area contributed by atoms with Gasteiger partial charge in [0.1, 0.15) is 0 Å². The van der Waals surface area contributed by atoms with Gasteiger partial charge < -0.3 is 9.47 Å². The van der Waals surface area contributed by atoms with Gasteiger partial charge in [0.05, 0.1) is 0 Å². The molecule has 4 heteroatoms. The molecule has 0 radical (unpaired) electrons. The van der Waals surface area contributed by atoms with Crippen LogP contribution in [0.25, 0.3) is 0 Å². The molecule has 0 aliphatic carbocycles. The van der Waals surface area contributed by atoms with Gasteiger partial charge in [-0.25, -0.2) is 4.98 Å². The quantitative estimate of drug-likeness (QED) is 0.830. The van der Waals surface area contributed by atoms with Crippen molar-refractivity contribution in [2.45, 2.75) is 52.5 Å². The molecule has 0 N–H and O–H groups in total. The van der Waals surface area contributed by atoms with E-state index < -0.39 is 0 Å². The van der Waals surface area contributed by atoms with Gasteiger partial charge in [-0.1, -0.05) is 38.1 Å². The van der Waals surface area contributed by atoms with E-state index in [-0.39, 0.29) is 5.56 Å². The number of anilines is 1. The number of aryl methyl sites for hydroxylation is 1. The van der Waals surface area contributed by atoms with Crippen LogP contribution in [-0.4, -0.2) is 22.6 Å². The zero-order chi connectivity index (χ0) is 17.8. The fourth-order valence-electron chi connectivity index (χ4n) is 3.62. The van der Waals surface area contributed by atoms with Crippen LogP contribution in [0.4, 0.5) is 5.82 Å². The molecule has 0 saturated carbocycles. The highest BCUT2D eigenvalue weighted by Gasteiger charge is 2.22. The normalized spacial score (nSPS) is 15.8. The Balaban J connectivity index is 1.59. The zero-order valence-electron chi connectivity index (χ0n) is 15.6. The lowest BCUT2D eigenvalue weighted by atomic mass is 9.89. The minimum Gasteiger partial charge on any atom is -0.352 e. The Morgan fingerprint density at radius 3 is 2.44 bits per heavy atom. The third-order valence-corrected chi connectivity index (χ3v) is 5.32. The molecule has 0 amide bonds. The van der Waals surface area contributed by atoms with Crippen molar-refractivity contribution in [1.82, 2.24) is 9.55 Å². The summed E-state index contributed by atoms with van der Waals surface area (Å²) in [6.07, 6.45) is 6.87. The smallest absolute Gasteiger partial charge is 0.293 e. The van der Waals surface area contributed by atoms with E-state index in [0.29, 0.717) is 24.2 Å². The second-order valence-corrected chi connectivity index (χ2v) is 7.37. The van der Waals surface area contributed by atoms with Gasteiger partial charge in [-0.05, 0) is 49.1 Å². The Morgan fingerprint density at radius 2 is 1.84 bits per heavy atom. The Hall–Kier alpha value is -2.10. The van der Waals surface area contributed by atoms with Gasteiger partial charge in [0.2, 0.25) is 0 Å². The summed E-state index contributed by atoms with van der Waals surface area (Å²) in [5.41, 5.74) is 2.86. The molecule has 0 atom stereocenters. The Labute approximate surface area is 150 Å². The third-order valence-electron chi connectivity index (χ3n) is 5.32. The van der Waals surface area contributed by atoms with Gasteiger partial charge >= 0.3 is 0 Å². The van der Waals surface area contributed by atoms with Crippen LogP contribution in [0.15, 0.2) is 41.5 Å². The van der Waals surface area contributed by atoms with Gasteiger partial charge in [-0.3, -0.25) is 4.79 Å². The Kier molecular flexibility index (Phi) is 5.57. The first-order valence-electron chi connectivity index (χ1n) is 9.47. The lowest BCUT2D eigenvalue weighted by Gasteiger charge is -2.32. The molecular weight excluding hydrogens is 310 g/mol. The van der Waals surface area contributed by atoms with E-state index in [0.717, 1.165) is 32.4 Å². The van der Waals surface area contributed by atoms with Crippen LogP contribution in [0, 0.1) is 5.92 Å². The van der Waals surface area contributed by atoms with Crippen LogP contribution in [-0.2, 0) is 13.0 Å². The largest absolute Gasteiger partial charge is 0.352 e. The predicted octanol–water partition coefficient (Wildman–Crippen LogP) is 3.85. The molecule has 4 nitrogen and oxygen atoms in total. The zero-order valence-corrected chi connectivity index (χ0v) is 15.6. The molecular formula is C21H29N3O. The van der Waals surface area contributed by atoms with Crippen LogP contribution >= 0.6 is 0 Å². The highest BCUT2D eigenvalue weighted by molar-refractivity contribution is 5.36. The second-order valence-electron chi connectivity index (χ2n) is 7.37. The average molecular weight is 339 g/mol. The molecule has 1 aliphatic heterocycles. The molecule has 25 heavy (non-hydrogen) atoms. The number of rotatable bonds is 5. The topological polar surface area (TPSA) is 38.1 Å². The van der Waals surface area contributed by atoms with Gasteiger partial charge in [0, 0.05) is 32.0 Å². The van der Waals surface area contributed by atoms with Crippen LogP contribution < -0.4 is 10.5 Å². The van der Waals surface area contributed by atoms with Crippen molar-refractivity contribution in [3.63, 3.8) is 0 Å². The summed E-state index contributed by atoms with van der Waals surface area (Å²) in [6.45, 7) is 8.98. The van der Waals surface area contributed by atoms with Crippen molar-refractivity contribution in [1.29, 1.82) is 0 Å². The molecule has 2 heterocycles. The molecule has 2 aromatic rings. The molecule has 0 unspecified atom stereocenters. The van der Waals surface area contributed by atoms with E-state index in [1.54, 1.807) is 17.0 Å². The molecule has 1 saturated heterocycles. The van der Waals surface area contributed by atoms with Gasteiger partial charge in [0.25, 0.3) is 5.56 Å². The summed E-state index contributed by atoms with van der Waals surface area (Å²) in [4.78, 5) is 18.9. The van der Waals surface area contributed by atoms with Crippen LogP contribution in [0.1, 0.15) is 50.7 Å². The summed E-state index contributed by atoms with van der Waals surface area (Å²) < 4.78 is 1.73. The van der Waals surface area contributed by atoms with Crippen molar-refractivity contribution in [2.75, 3.05) is 18.0 Å².